The lowest BCUT2D eigenvalue weighted by atomic mass is 9.96. The van der Waals surface area contributed by atoms with E-state index in [1.54, 1.807) is 13.8 Å². The number of aliphatic hydroxyl groups is 1. The molecule has 0 aromatic heterocycles. The highest BCUT2D eigenvalue weighted by Gasteiger charge is 2.46. The van der Waals surface area contributed by atoms with E-state index < -0.39 is 24.0 Å². The van der Waals surface area contributed by atoms with Gasteiger partial charge in [-0.3, -0.25) is 4.90 Å². The summed E-state index contributed by atoms with van der Waals surface area (Å²) in [7, 11) is 0. The predicted octanol–water partition coefficient (Wildman–Crippen LogP) is 5.41. The first-order valence-electron chi connectivity index (χ1n) is 11.1. The number of carboxylic acid groups (broad SMARTS) is 1. The second kappa shape index (κ2) is 13.1. The van der Waals surface area contributed by atoms with Gasteiger partial charge in [0.15, 0.2) is 0 Å². The van der Waals surface area contributed by atoms with E-state index in [9.17, 15) is 15.0 Å². The van der Waals surface area contributed by atoms with Crippen LogP contribution in [-0.2, 0) is 4.74 Å². The fraction of sp³-hybridized carbons (Fsp3) is 0.870. The Kier molecular flexibility index (Phi) is 11.6. The van der Waals surface area contributed by atoms with Gasteiger partial charge in [-0.15, -0.1) is 5.92 Å². The summed E-state index contributed by atoms with van der Waals surface area (Å²) >= 11 is 0. The van der Waals surface area contributed by atoms with E-state index in [1.807, 2.05) is 0 Å². The molecule has 162 valence electrons. The smallest absolute Gasteiger partial charge is 0.410 e. The first kappa shape index (κ1) is 24.8. The van der Waals surface area contributed by atoms with Gasteiger partial charge in [-0.25, -0.2) is 4.79 Å². The Morgan fingerprint density at radius 2 is 1.75 bits per heavy atom. The van der Waals surface area contributed by atoms with Gasteiger partial charge in [-0.05, 0) is 32.6 Å². The van der Waals surface area contributed by atoms with Crippen molar-refractivity contribution in [1.29, 1.82) is 0 Å². The molecule has 1 aliphatic rings. The standard InChI is InChI=1S/C23H41NO4/c1-5-6-7-8-9-10-12-15-19(2)16-13-11-14-17-21(25)20-18-28-23(3,4)24(20)22(26)27/h19-21,25H,5-13,15-16,18H2,1-4H3,(H,26,27)/t19?,20-,21+/m0/s1. The van der Waals surface area contributed by atoms with Crippen molar-refractivity contribution >= 4 is 6.09 Å². The van der Waals surface area contributed by atoms with Crippen LogP contribution in [0.2, 0.25) is 0 Å². The molecule has 1 amide bonds. The maximum absolute atomic E-state index is 11.4. The molecule has 5 heteroatoms. The summed E-state index contributed by atoms with van der Waals surface area (Å²) in [6.45, 7) is 8.11. The summed E-state index contributed by atoms with van der Waals surface area (Å²) in [5.74, 6) is 6.56. The summed E-state index contributed by atoms with van der Waals surface area (Å²) in [5.41, 5.74) is -0.926. The van der Waals surface area contributed by atoms with Gasteiger partial charge in [0.25, 0.3) is 0 Å². The molecule has 0 aliphatic carbocycles. The van der Waals surface area contributed by atoms with E-state index in [0.717, 1.165) is 24.2 Å². The Hall–Kier alpha value is -1.25. The van der Waals surface area contributed by atoms with Gasteiger partial charge >= 0.3 is 6.09 Å². The molecule has 2 N–H and O–H groups in total. The average molecular weight is 396 g/mol. The minimum atomic E-state index is -1.09. The predicted molar refractivity (Wildman–Crippen MR) is 113 cm³/mol. The van der Waals surface area contributed by atoms with E-state index in [0.29, 0.717) is 5.92 Å². The highest BCUT2D eigenvalue weighted by atomic mass is 16.5. The average Bonchev–Trinajstić information content (AvgIpc) is 2.96. The molecule has 0 aromatic rings. The number of hydrogen-bond acceptors (Lipinski definition) is 3. The van der Waals surface area contributed by atoms with E-state index >= 15 is 0 Å². The van der Waals surface area contributed by atoms with Crippen molar-refractivity contribution in [3.63, 3.8) is 0 Å². The lowest BCUT2D eigenvalue weighted by Crippen LogP contribution is -2.51. The first-order chi connectivity index (χ1) is 13.3. The third-order valence-electron chi connectivity index (χ3n) is 5.64. The van der Waals surface area contributed by atoms with Crippen molar-refractivity contribution in [2.75, 3.05) is 6.61 Å². The summed E-state index contributed by atoms with van der Waals surface area (Å²) in [5, 5.41) is 19.6. The molecular weight excluding hydrogens is 354 g/mol. The normalized spacial score (nSPS) is 20.5. The summed E-state index contributed by atoms with van der Waals surface area (Å²) in [6.07, 6.45) is 11.6. The minimum Gasteiger partial charge on any atom is -0.465 e. The van der Waals surface area contributed by atoms with Crippen molar-refractivity contribution in [2.45, 2.75) is 116 Å². The number of unbranched alkanes of at least 4 members (excludes halogenated alkanes) is 7. The molecule has 3 atom stereocenters. The number of ether oxygens (including phenoxy) is 1. The topological polar surface area (TPSA) is 70.0 Å². The summed E-state index contributed by atoms with van der Waals surface area (Å²) in [4.78, 5) is 12.6. The van der Waals surface area contributed by atoms with Crippen LogP contribution in [0, 0.1) is 17.8 Å². The molecule has 1 unspecified atom stereocenters. The minimum absolute atomic E-state index is 0.171. The van der Waals surface area contributed by atoms with Crippen molar-refractivity contribution < 1.29 is 19.7 Å². The van der Waals surface area contributed by atoms with Gasteiger partial charge in [0.2, 0.25) is 0 Å². The molecule has 1 fully saturated rings. The largest absolute Gasteiger partial charge is 0.465 e. The van der Waals surface area contributed by atoms with Crippen LogP contribution < -0.4 is 0 Å². The molecule has 1 aliphatic heterocycles. The van der Waals surface area contributed by atoms with E-state index in [1.165, 1.54) is 51.4 Å². The number of rotatable bonds is 12. The molecule has 0 radical (unpaired) electrons. The third kappa shape index (κ3) is 8.84. The highest BCUT2D eigenvalue weighted by Crippen LogP contribution is 2.28. The maximum Gasteiger partial charge on any atom is 0.410 e. The van der Waals surface area contributed by atoms with Crippen molar-refractivity contribution in [2.24, 2.45) is 5.92 Å². The highest BCUT2D eigenvalue weighted by molar-refractivity contribution is 5.67. The molecule has 0 bridgehead atoms. The zero-order chi connectivity index (χ0) is 21.0. The molecule has 1 heterocycles. The lowest BCUT2D eigenvalue weighted by molar-refractivity contribution is -0.0447. The Bertz CT molecular complexity index is 508. The van der Waals surface area contributed by atoms with Gasteiger partial charge in [-0.1, -0.05) is 71.1 Å². The summed E-state index contributed by atoms with van der Waals surface area (Å²) < 4.78 is 5.50. The van der Waals surface area contributed by atoms with Gasteiger partial charge in [0, 0.05) is 6.42 Å². The lowest BCUT2D eigenvalue weighted by Gasteiger charge is -2.31. The number of amides is 1. The molecule has 1 saturated heterocycles. The monoisotopic (exact) mass is 395 g/mol. The maximum atomic E-state index is 11.4. The Labute approximate surface area is 171 Å². The number of aliphatic hydroxyl groups excluding tert-OH is 1. The Morgan fingerprint density at radius 1 is 1.14 bits per heavy atom. The third-order valence-corrected chi connectivity index (χ3v) is 5.64. The van der Waals surface area contributed by atoms with Gasteiger partial charge in [-0.2, -0.15) is 0 Å². The zero-order valence-electron chi connectivity index (χ0n) is 18.4. The van der Waals surface area contributed by atoms with Crippen molar-refractivity contribution in [3.05, 3.63) is 0 Å². The van der Waals surface area contributed by atoms with Gasteiger partial charge in [0.1, 0.15) is 11.8 Å². The van der Waals surface area contributed by atoms with Crippen molar-refractivity contribution in [3.8, 4) is 11.8 Å². The van der Waals surface area contributed by atoms with Crippen LogP contribution in [0.25, 0.3) is 0 Å². The van der Waals surface area contributed by atoms with Crippen LogP contribution in [0.1, 0.15) is 98.3 Å². The second-order valence-corrected chi connectivity index (χ2v) is 8.65. The molecular formula is C23H41NO4. The fourth-order valence-electron chi connectivity index (χ4n) is 3.84. The van der Waals surface area contributed by atoms with E-state index in [2.05, 4.69) is 25.7 Å². The molecule has 0 spiro atoms. The van der Waals surface area contributed by atoms with Gasteiger partial charge < -0.3 is 14.9 Å². The van der Waals surface area contributed by atoms with Crippen LogP contribution in [0.4, 0.5) is 4.79 Å². The van der Waals surface area contributed by atoms with E-state index in [4.69, 9.17) is 4.74 Å². The molecule has 28 heavy (non-hydrogen) atoms. The van der Waals surface area contributed by atoms with E-state index in [-0.39, 0.29) is 6.61 Å². The Balaban J connectivity index is 2.19. The second-order valence-electron chi connectivity index (χ2n) is 8.65. The number of nitrogens with zero attached hydrogens (tertiary/aromatic N) is 1. The van der Waals surface area contributed by atoms with Crippen LogP contribution in [0.15, 0.2) is 0 Å². The van der Waals surface area contributed by atoms with Crippen LogP contribution >= 0.6 is 0 Å². The molecule has 0 aromatic carbocycles. The molecule has 0 saturated carbocycles. The van der Waals surface area contributed by atoms with Crippen LogP contribution in [0.3, 0.4) is 0 Å². The SMILES string of the molecule is CCCCCCCCCC(C)CCCC#C[C@@H](O)[C@@H]1COC(C)(C)N1C(=O)O. The number of hydrogen-bond donors (Lipinski definition) is 2. The molecule has 1 rings (SSSR count). The first-order valence-corrected chi connectivity index (χ1v) is 11.1. The quantitative estimate of drug-likeness (QED) is 0.342. The fourth-order valence-corrected chi connectivity index (χ4v) is 3.84. The number of carbonyl (C=O) groups is 1. The van der Waals surface area contributed by atoms with Crippen LogP contribution in [0.5, 0.6) is 0 Å². The molecule has 5 nitrogen and oxygen atoms in total. The van der Waals surface area contributed by atoms with Crippen molar-refractivity contribution in [1.82, 2.24) is 4.90 Å². The Morgan fingerprint density at radius 3 is 2.39 bits per heavy atom. The van der Waals surface area contributed by atoms with Gasteiger partial charge in [0.05, 0.1) is 12.6 Å². The summed E-state index contributed by atoms with van der Waals surface area (Å²) in [6, 6.07) is -0.628. The zero-order valence-corrected chi connectivity index (χ0v) is 18.4. The van der Waals surface area contributed by atoms with Crippen LogP contribution in [-0.4, -0.2) is 45.7 Å².